The van der Waals surface area contributed by atoms with E-state index in [0.717, 1.165) is 22.1 Å². The maximum Gasteiger partial charge on any atom is 0.236 e. The first-order valence-corrected chi connectivity index (χ1v) is 8.91. The molecule has 2 aromatic carbocycles. The van der Waals surface area contributed by atoms with E-state index in [2.05, 4.69) is 26.0 Å². The molecule has 0 unspecified atom stereocenters. The van der Waals surface area contributed by atoms with Gasteiger partial charge in [0.2, 0.25) is 10.0 Å². The lowest BCUT2D eigenvalue weighted by Gasteiger charge is -2.09. The summed E-state index contributed by atoms with van der Waals surface area (Å²) in [5.41, 5.74) is 2.45. The summed E-state index contributed by atoms with van der Waals surface area (Å²) in [5.74, 6) is -0.0388. The second-order valence-electron chi connectivity index (χ2n) is 4.71. The molecule has 0 amide bonds. The van der Waals surface area contributed by atoms with Gasteiger partial charge in [0.05, 0.1) is 5.75 Å². The standard InChI is InChI=1S/C15H17BrN2O2S/c1-17-10-12-2-4-13(5-3-12)11-21(19,20)18-15-8-6-14(16)7-9-15/h2-9,17-18H,10-11H2,1H3. The highest BCUT2D eigenvalue weighted by atomic mass is 79.9. The summed E-state index contributed by atoms with van der Waals surface area (Å²) in [6.45, 7) is 0.768. The molecule has 0 aliphatic heterocycles. The number of benzene rings is 2. The molecule has 21 heavy (non-hydrogen) atoms. The number of rotatable bonds is 6. The van der Waals surface area contributed by atoms with E-state index in [1.54, 1.807) is 24.3 Å². The Labute approximate surface area is 133 Å². The Morgan fingerprint density at radius 3 is 2.10 bits per heavy atom. The summed E-state index contributed by atoms with van der Waals surface area (Å²) in [4.78, 5) is 0. The first-order valence-electron chi connectivity index (χ1n) is 6.47. The van der Waals surface area contributed by atoms with Crippen LogP contribution >= 0.6 is 15.9 Å². The highest BCUT2D eigenvalue weighted by Crippen LogP contribution is 2.17. The van der Waals surface area contributed by atoms with Gasteiger partial charge in [-0.2, -0.15) is 0 Å². The van der Waals surface area contributed by atoms with Crippen molar-refractivity contribution in [2.45, 2.75) is 12.3 Å². The van der Waals surface area contributed by atoms with E-state index in [4.69, 9.17) is 0 Å². The van der Waals surface area contributed by atoms with Gasteiger partial charge in [0, 0.05) is 16.7 Å². The van der Waals surface area contributed by atoms with E-state index in [0.29, 0.717) is 5.69 Å². The van der Waals surface area contributed by atoms with E-state index in [9.17, 15) is 8.42 Å². The van der Waals surface area contributed by atoms with E-state index >= 15 is 0 Å². The SMILES string of the molecule is CNCc1ccc(CS(=O)(=O)Nc2ccc(Br)cc2)cc1. The third-order valence-corrected chi connectivity index (χ3v) is 4.67. The molecular weight excluding hydrogens is 352 g/mol. The Kier molecular flexibility index (Phi) is 5.39. The molecule has 0 aromatic heterocycles. The smallest absolute Gasteiger partial charge is 0.236 e. The third-order valence-electron chi connectivity index (χ3n) is 2.88. The van der Waals surface area contributed by atoms with Gasteiger partial charge < -0.3 is 5.32 Å². The number of anilines is 1. The minimum Gasteiger partial charge on any atom is -0.316 e. The van der Waals surface area contributed by atoms with Crippen LogP contribution in [-0.2, 0) is 22.3 Å². The molecular formula is C15H17BrN2O2S. The largest absolute Gasteiger partial charge is 0.316 e. The van der Waals surface area contributed by atoms with Crippen LogP contribution in [0.5, 0.6) is 0 Å². The van der Waals surface area contributed by atoms with Gasteiger partial charge in [-0.25, -0.2) is 8.42 Å². The quantitative estimate of drug-likeness (QED) is 0.823. The lowest BCUT2D eigenvalue weighted by atomic mass is 10.1. The minimum absolute atomic E-state index is 0.0388. The van der Waals surface area contributed by atoms with E-state index < -0.39 is 10.0 Å². The molecule has 0 atom stereocenters. The zero-order chi connectivity index (χ0) is 15.3. The van der Waals surface area contributed by atoms with Crippen molar-refractivity contribution in [1.82, 2.24) is 5.32 Å². The van der Waals surface area contributed by atoms with Crippen molar-refractivity contribution in [3.8, 4) is 0 Å². The van der Waals surface area contributed by atoms with Crippen molar-refractivity contribution >= 4 is 31.6 Å². The lowest BCUT2D eigenvalue weighted by molar-refractivity contribution is 0.600. The third kappa shape index (κ3) is 5.15. The molecule has 2 aromatic rings. The second kappa shape index (κ2) is 7.06. The zero-order valence-electron chi connectivity index (χ0n) is 11.6. The Morgan fingerprint density at radius 1 is 0.952 bits per heavy atom. The van der Waals surface area contributed by atoms with E-state index in [1.807, 2.05) is 31.3 Å². The average Bonchev–Trinajstić information content (AvgIpc) is 2.43. The fourth-order valence-electron chi connectivity index (χ4n) is 1.91. The van der Waals surface area contributed by atoms with Crippen molar-refractivity contribution < 1.29 is 8.42 Å². The van der Waals surface area contributed by atoms with Crippen molar-refractivity contribution in [2.75, 3.05) is 11.8 Å². The van der Waals surface area contributed by atoms with Gasteiger partial charge >= 0.3 is 0 Å². The average molecular weight is 369 g/mol. The van der Waals surface area contributed by atoms with Crippen LogP contribution in [0.15, 0.2) is 53.0 Å². The highest BCUT2D eigenvalue weighted by molar-refractivity contribution is 9.10. The maximum absolute atomic E-state index is 12.1. The Balaban J connectivity index is 2.04. The molecule has 0 spiro atoms. The van der Waals surface area contributed by atoms with Crippen LogP contribution in [0.1, 0.15) is 11.1 Å². The topological polar surface area (TPSA) is 58.2 Å². The number of hydrogen-bond acceptors (Lipinski definition) is 3. The number of nitrogens with one attached hydrogen (secondary N) is 2. The Morgan fingerprint density at radius 2 is 1.52 bits per heavy atom. The van der Waals surface area contributed by atoms with Gasteiger partial charge in [-0.15, -0.1) is 0 Å². The summed E-state index contributed by atoms with van der Waals surface area (Å²) >= 11 is 3.32. The molecule has 0 heterocycles. The molecule has 0 aliphatic rings. The summed E-state index contributed by atoms with van der Waals surface area (Å²) in [6.07, 6.45) is 0. The number of sulfonamides is 1. The predicted molar refractivity (Wildman–Crippen MR) is 89.6 cm³/mol. The van der Waals surface area contributed by atoms with Crippen LogP contribution in [0.3, 0.4) is 0 Å². The van der Waals surface area contributed by atoms with E-state index in [1.165, 1.54) is 0 Å². The number of hydrogen-bond donors (Lipinski definition) is 2. The molecule has 0 aliphatic carbocycles. The fourth-order valence-corrected chi connectivity index (χ4v) is 3.37. The van der Waals surface area contributed by atoms with Gasteiger partial charge in [0.1, 0.15) is 0 Å². The van der Waals surface area contributed by atoms with Crippen LogP contribution in [0.25, 0.3) is 0 Å². The van der Waals surface area contributed by atoms with Gasteiger partial charge in [0.15, 0.2) is 0 Å². The maximum atomic E-state index is 12.1. The summed E-state index contributed by atoms with van der Waals surface area (Å²) in [5, 5.41) is 3.05. The molecule has 4 nitrogen and oxygen atoms in total. The molecule has 0 saturated carbocycles. The fraction of sp³-hybridized carbons (Fsp3) is 0.200. The monoisotopic (exact) mass is 368 g/mol. The molecule has 0 fully saturated rings. The van der Waals surface area contributed by atoms with Gasteiger partial charge in [-0.05, 0) is 42.4 Å². The normalized spacial score (nSPS) is 11.3. The minimum atomic E-state index is -3.41. The molecule has 0 bridgehead atoms. The highest BCUT2D eigenvalue weighted by Gasteiger charge is 2.11. The van der Waals surface area contributed by atoms with E-state index in [-0.39, 0.29) is 5.75 Å². The van der Waals surface area contributed by atoms with Crippen LogP contribution in [0.2, 0.25) is 0 Å². The number of halogens is 1. The zero-order valence-corrected chi connectivity index (χ0v) is 14.0. The van der Waals surface area contributed by atoms with Gasteiger partial charge in [-0.1, -0.05) is 40.2 Å². The predicted octanol–water partition coefficient (Wildman–Crippen LogP) is 3.11. The Hall–Kier alpha value is -1.37. The summed E-state index contributed by atoms with van der Waals surface area (Å²) in [6, 6.07) is 14.6. The van der Waals surface area contributed by atoms with Crippen molar-refractivity contribution in [3.05, 3.63) is 64.1 Å². The van der Waals surface area contributed by atoms with Crippen molar-refractivity contribution in [1.29, 1.82) is 0 Å². The molecule has 6 heteroatoms. The van der Waals surface area contributed by atoms with Crippen LogP contribution in [0.4, 0.5) is 5.69 Å². The van der Waals surface area contributed by atoms with Gasteiger partial charge in [0.25, 0.3) is 0 Å². The second-order valence-corrected chi connectivity index (χ2v) is 7.35. The molecule has 112 valence electrons. The summed E-state index contributed by atoms with van der Waals surface area (Å²) in [7, 11) is -1.53. The van der Waals surface area contributed by atoms with Crippen LogP contribution in [-0.4, -0.2) is 15.5 Å². The van der Waals surface area contributed by atoms with Gasteiger partial charge in [-0.3, -0.25) is 4.72 Å². The molecule has 0 saturated heterocycles. The molecule has 2 N–H and O–H groups in total. The van der Waals surface area contributed by atoms with Crippen LogP contribution in [0, 0.1) is 0 Å². The molecule has 2 rings (SSSR count). The summed E-state index contributed by atoms with van der Waals surface area (Å²) < 4.78 is 27.7. The molecule has 0 radical (unpaired) electrons. The van der Waals surface area contributed by atoms with Crippen LogP contribution < -0.4 is 10.0 Å². The lowest BCUT2D eigenvalue weighted by Crippen LogP contribution is -2.15. The first kappa shape index (κ1) is 16.0. The first-order chi connectivity index (χ1) is 9.98. The van der Waals surface area contributed by atoms with Crippen molar-refractivity contribution in [3.63, 3.8) is 0 Å². The van der Waals surface area contributed by atoms with Crippen molar-refractivity contribution in [2.24, 2.45) is 0 Å². The Bertz CT molecular complexity index is 683.